The quantitative estimate of drug-likeness (QED) is 0.343. The minimum absolute atomic E-state index is 0.0771. The van der Waals surface area contributed by atoms with Crippen molar-refractivity contribution in [1.29, 1.82) is 0 Å². The molecule has 0 aliphatic heterocycles. The standard InChI is InChI=1S/C18H17F3N4O5S/c1-10(30-13-5-3-4-11(8-13)18(19,20)21)16(26)23-24-17(31)22-14-7-6-12(25(27)28)9-15(14)29-2/h3-10H,1-2H3,(H,23,26)(H2,22,24,31). The van der Waals surface area contributed by atoms with Crippen LogP contribution in [-0.4, -0.2) is 29.2 Å². The first-order valence-electron chi connectivity index (χ1n) is 8.54. The Morgan fingerprint density at radius 1 is 1.19 bits per heavy atom. The van der Waals surface area contributed by atoms with E-state index in [4.69, 9.17) is 21.7 Å². The van der Waals surface area contributed by atoms with Gasteiger partial charge in [-0.2, -0.15) is 13.2 Å². The SMILES string of the molecule is COc1cc([N+](=O)[O-])ccc1NC(=S)NNC(=O)C(C)Oc1cccc(C(F)(F)F)c1. The van der Waals surface area contributed by atoms with Gasteiger partial charge < -0.3 is 14.8 Å². The third-order valence-corrected chi connectivity index (χ3v) is 3.99. The number of methoxy groups -OCH3 is 1. The van der Waals surface area contributed by atoms with E-state index in [1.165, 1.54) is 38.3 Å². The van der Waals surface area contributed by atoms with Gasteiger partial charge in [-0.3, -0.25) is 25.8 Å². The molecular weight excluding hydrogens is 441 g/mol. The zero-order valence-electron chi connectivity index (χ0n) is 16.1. The maximum Gasteiger partial charge on any atom is 0.416 e. The van der Waals surface area contributed by atoms with Crippen LogP contribution in [0.2, 0.25) is 0 Å². The monoisotopic (exact) mass is 458 g/mol. The first-order valence-corrected chi connectivity index (χ1v) is 8.95. The summed E-state index contributed by atoms with van der Waals surface area (Å²) in [6.45, 7) is 1.34. The molecule has 0 bridgehead atoms. The van der Waals surface area contributed by atoms with Gasteiger partial charge >= 0.3 is 6.18 Å². The van der Waals surface area contributed by atoms with Crippen molar-refractivity contribution in [3.8, 4) is 11.5 Å². The number of anilines is 1. The summed E-state index contributed by atoms with van der Waals surface area (Å²) < 4.78 is 48.6. The predicted octanol–water partition coefficient (Wildman–Crippen LogP) is 3.41. The second-order valence-corrected chi connectivity index (χ2v) is 6.40. The molecule has 0 saturated carbocycles. The van der Waals surface area contributed by atoms with Crippen LogP contribution in [-0.2, 0) is 11.0 Å². The van der Waals surface area contributed by atoms with Crippen molar-refractivity contribution in [2.75, 3.05) is 12.4 Å². The third kappa shape index (κ3) is 6.70. The fourth-order valence-electron chi connectivity index (χ4n) is 2.27. The Bertz CT molecular complexity index is 987. The zero-order valence-corrected chi connectivity index (χ0v) is 17.0. The van der Waals surface area contributed by atoms with E-state index in [1.807, 2.05) is 0 Å². The number of carbonyl (C=O) groups is 1. The van der Waals surface area contributed by atoms with Gasteiger partial charge in [0.05, 0.1) is 29.4 Å². The Hall–Kier alpha value is -3.61. The van der Waals surface area contributed by atoms with Crippen LogP contribution in [0, 0.1) is 10.1 Å². The van der Waals surface area contributed by atoms with Crippen molar-refractivity contribution in [3.63, 3.8) is 0 Å². The van der Waals surface area contributed by atoms with E-state index in [1.54, 1.807) is 0 Å². The summed E-state index contributed by atoms with van der Waals surface area (Å²) in [5.41, 5.74) is 3.85. The molecule has 2 aromatic rings. The van der Waals surface area contributed by atoms with Gasteiger partial charge in [0.15, 0.2) is 11.2 Å². The van der Waals surface area contributed by atoms with E-state index < -0.39 is 28.7 Å². The van der Waals surface area contributed by atoms with Crippen LogP contribution < -0.4 is 25.6 Å². The predicted molar refractivity (Wildman–Crippen MR) is 109 cm³/mol. The first kappa shape index (κ1) is 23.7. The highest BCUT2D eigenvalue weighted by Crippen LogP contribution is 2.31. The van der Waals surface area contributed by atoms with Gasteiger partial charge in [0.1, 0.15) is 11.5 Å². The lowest BCUT2D eigenvalue weighted by molar-refractivity contribution is -0.384. The molecule has 31 heavy (non-hydrogen) atoms. The van der Waals surface area contributed by atoms with Crippen LogP contribution in [0.25, 0.3) is 0 Å². The summed E-state index contributed by atoms with van der Waals surface area (Å²) in [6, 6.07) is 7.91. The second kappa shape index (κ2) is 9.93. The van der Waals surface area contributed by atoms with Crippen molar-refractivity contribution >= 4 is 34.6 Å². The average molecular weight is 458 g/mol. The van der Waals surface area contributed by atoms with Crippen LogP contribution in [0.15, 0.2) is 42.5 Å². The number of nitro benzene ring substituents is 1. The number of amides is 1. The second-order valence-electron chi connectivity index (χ2n) is 6.00. The van der Waals surface area contributed by atoms with E-state index in [2.05, 4.69) is 16.2 Å². The molecule has 0 saturated heterocycles. The third-order valence-electron chi connectivity index (χ3n) is 3.79. The first-order chi connectivity index (χ1) is 14.5. The number of nitrogens with zero attached hydrogens (tertiary/aromatic N) is 1. The molecule has 1 atom stereocenters. The molecule has 0 radical (unpaired) electrons. The Morgan fingerprint density at radius 2 is 1.90 bits per heavy atom. The fraction of sp³-hybridized carbons (Fsp3) is 0.222. The van der Waals surface area contributed by atoms with E-state index in [-0.39, 0.29) is 22.3 Å². The molecule has 9 nitrogen and oxygen atoms in total. The topological polar surface area (TPSA) is 115 Å². The molecule has 166 valence electrons. The summed E-state index contributed by atoms with van der Waals surface area (Å²) in [5, 5.41) is 13.4. The average Bonchev–Trinajstić information content (AvgIpc) is 2.71. The number of carbonyl (C=O) groups excluding carboxylic acids is 1. The molecule has 1 amide bonds. The highest BCUT2D eigenvalue weighted by Gasteiger charge is 2.31. The van der Waals surface area contributed by atoms with Crippen LogP contribution in [0.5, 0.6) is 11.5 Å². The highest BCUT2D eigenvalue weighted by molar-refractivity contribution is 7.80. The minimum atomic E-state index is -4.54. The van der Waals surface area contributed by atoms with Gasteiger partial charge in [-0.15, -0.1) is 0 Å². The maximum atomic E-state index is 12.8. The van der Waals surface area contributed by atoms with Crippen molar-refractivity contribution in [3.05, 3.63) is 58.1 Å². The molecule has 0 fully saturated rings. The number of hydrogen-bond acceptors (Lipinski definition) is 6. The summed E-state index contributed by atoms with van der Waals surface area (Å²) in [6.07, 6.45) is -5.68. The molecule has 13 heteroatoms. The number of benzene rings is 2. The molecule has 0 heterocycles. The molecular formula is C18H17F3N4O5S. The highest BCUT2D eigenvalue weighted by atomic mass is 32.1. The Kier molecular flexibility index (Phi) is 7.58. The van der Waals surface area contributed by atoms with Crippen LogP contribution in [0.3, 0.4) is 0 Å². The molecule has 0 aliphatic carbocycles. The van der Waals surface area contributed by atoms with Gasteiger partial charge in [0, 0.05) is 6.07 Å². The molecule has 2 aromatic carbocycles. The van der Waals surface area contributed by atoms with Crippen molar-refractivity contribution in [1.82, 2.24) is 10.9 Å². The summed E-state index contributed by atoms with van der Waals surface area (Å²) in [4.78, 5) is 22.4. The summed E-state index contributed by atoms with van der Waals surface area (Å²) in [5.74, 6) is -0.697. The van der Waals surface area contributed by atoms with Crippen LogP contribution >= 0.6 is 12.2 Å². The lowest BCUT2D eigenvalue weighted by atomic mass is 10.2. The Balaban J connectivity index is 1.92. The van der Waals surface area contributed by atoms with Crippen molar-refractivity contribution in [2.24, 2.45) is 0 Å². The fourth-order valence-corrected chi connectivity index (χ4v) is 2.43. The Labute approximate surface area is 179 Å². The van der Waals surface area contributed by atoms with Gasteiger partial charge in [-0.1, -0.05) is 6.07 Å². The molecule has 0 aromatic heterocycles. The number of rotatable bonds is 6. The van der Waals surface area contributed by atoms with Gasteiger partial charge in [-0.05, 0) is 43.4 Å². The van der Waals surface area contributed by atoms with Crippen LogP contribution in [0.1, 0.15) is 12.5 Å². The minimum Gasteiger partial charge on any atom is -0.494 e. The smallest absolute Gasteiger partial charge is 0.416 e. The summed E-state index contributed by atoms with van der Waals surface area (Å²) >= 11 is 5.03. The van der Waals surface area contributed by atoms with Crippen molar-refractivity contribution < 1.29 is 32.4 Å². The normalized spacial score (nSPS) is 11.8. The number of nitro groups is 1. The van der Waals surface area contributed by atoms with Gasteiger partial charge in [0.2, 0.25) is 0 Å². The maximum absolute atomic E-state index is 12.8. The Morgan fingerprint density at radius 3 is 2.52 bits per heavy atom. The number of nitrogens with one attached hydrogen (secondary N) is 3. The molecule has 0 aliphatic rings. The van der Waals surface area contributed by atoms with E-state index in [9.17, 15) is 28.1 Å². The lowest BCUT2D eigenvalue weighted by Crippen LogP contribution is -2.48. The number of hydrogen-bond donors (Lipinski definition) is 3. The van der Waals surface area contributed by atoms with Crippen molar-refractivity contribution in [2.45, 2.75) is 19.2 Å². The number of thiocarbonyl (C=S) groups is 1. The molecule has 0 spiro atoms. The van der Waals surface area contributed by atoms with E-state index >= 15 is 0 Å². The number of hydrazine groups is 1. The van der Waals surface area contributed by atoms with Gasteiger partial charge in [-0.25, -0.2) is 0 Å². The van der Waals surface area contributed by atoms with Gasteiger partial charge in [0.25, 0.3) is 11.6 Å². The van der Waals surface area contributed by atoms with Crippen LogP contribution in [0.4, 0.5) is 24.5 Å². The summed E-state index contributed by atoms with van der Waals surface area (Å²) in [7, 11) is 1.31. The molecule has 2 rings (SSSR count). The largest absolute Gasteiger partial charge is 0.494 e. The number of ether oxygens (including phenoxy) is 2. The molecule has 1 unspecified atom stereocenters. The van der Waals surface area contributed by atoms with E-state index in [0.717, 1.165) is 18.2 Å². The molecule has 3 N–H and O–H groups in total. The number of halogens is 3. The lowest BCUT2D eigenvalue weighted by Gasteiger charge is -2.18. The number of alkyl halides is 3. The number of non-ortho nitro benzene ring substituents is 1. The van der Waals surface area contributed by atoms with E-state index in [0.29, 0.717) is 5.69 Å². The zero-order chi connectivity index (χ0) is 23.2.